The second-order valence-corrected chi connectivity index (χ2v) is 8.00. The Morgan fingerprint density at radius 3 is 2.77 bits per heavy atom. The van der Waals surface area contributed by atoms with E-state index in [4.69, 9.17) is 14.2 Å². The third kappa shape index (κ3) is 5.13. The van der Waals surface area contributed by atoms with Crippen molar-refractivity contribution in [2.45, 2.75) is 19.4 Å². The molecule has 0 radical (unpaired) electrons. The molecule has 0 bridgehead atoms. The van der Waals surface area contributed by atoms with Gasteiger partial charge in [0.05, 0.1) is 31.1 Å². The smallest absolute Gasteiger partial charge is 0.331 e. The zero-order valence-electron chi connectivity index (χ0n) is 17.5. The molecular formula is C21H29ClN4O4. The van der Waals surface area contributed by atoms with E-state index in [2.05, 4.69) is 9.88 Å². The molecule has 9 heteroatoms. The fourth-order valence-corrected chi connectivity index (χ4v) is 3.53. The minimum atomic E-state index is -0.324. The molecule has 4 rings (SSSR count). The van der Waals surface area contributed by atoms with Gasteiger partial charge in [-0.25, -0.2) is 9.78 Å². The van der Waals surface area contributed by atoms with Crippen LogP contribution in [0.3, 0.4) is 0 Å². The summed E-state index contributed by atoms with van der Waals surface area (Å²) >= 11 is 0. The first-order valence-corrected chi connectivity index (χ1v) is 10.00. The summed E-state index contributed by atoms with van der Waals surface area (Å²) in [6.45, 7) is 9.80. The Kier molecular flexibility index (Phi) is 7.36. The van der Waals surface area contributed by atoms with Gasteiger partial charge < -0.3 is 14.2 Å². The fourth-order valence-electron chi connectivity index (χ4n) is 3.53. The Morgan fingerprint density at radius 1 is 1.23 bits per heavy atom. The van der Waals surface area contributed by atoms with Crippen LogP contribution in [-0.4, -0.2) is 83.7 Å². The molecule has 2 fully saturated rings. The molecule has 30 heavy (non-hydrogen) atoms. The molecule has 8 nitrogen and oxygen atoms in total. The minimum absolute atomic E-state index is 0. The highest BCUT2D eigenvalue weighted by Crippen LogP contribution is 2.25. The summed E-state index contributed by atoms with van der Waals surface area (Å²) in [5.41, 5.74) is 1.32. The van der Waals surface area contributed by atoms with Crippen LogP contribution in [0.4, 0.5) is 4.79 Å². The number of nitrogens with zero attached hydrogens (tertiary/aromatic N) is 4. The molecule has 2 saturated heterocycles. The number of imidazole rings is 1. The number of rotatable bonds is 5. The van der Waals surface area contributed by atoms with Crippen LogP contribution < -0.4 is 4.74 Å². The molecule has 2 aliphatic heterocycles. The lowest BCUT2D eigenvalue weighted by Gasteiger charge is -2.28. The van der Waals surface area contributed by atoms with Crippen molar-refractivity contribution in [3.8, 4) is 17.0 Å². The van der Waals surface area contributed by atoms with E-state index in [-0.39, 0.29) is 24.0 Å². The molecule has 0 aliphatic carbocycles. The Bertz CT molecular complexity index is 851. The molecule has 0 atom stereocenters. The Hall–Kier alpha value is -2.13. The van der Waals surface area contributed by atoms with Crippen molar-refractivity contribution in [1.29, 1.82) is 0 Å². The van der Waals surface area contributed by atoms with Gasteiger partial charge in [-0.05, 0) is 26.0 Å². The van der Waals surface area contributed by atoms with Crippen LogP contribution in [0.1, 0.15) is 13.8 Å². The highest BCUT2D eigenvalue weighted by Gasteiger charge is 2.37. The van der Waals surface area contributed by atoms with E-state index < -0.39 is 0 Å². The molecule has 0 spiro atoms. The van der Waals surface area contributed by atoms with Crippen molar-refractivity contribution in [1.82, 2.24) is 19.4 Å². The predicted octanol–water partition coefficient (Wildman–Crippen LogP) is 2.72. The van der Waals surface area contributed by atoms with Gasteiger partial charge in [-0.1, -0.05) is 12.1 Å². The van der Waals surface area contributed by atoms with Gasteiger partial charge in [0.15, 0.2) is 0 Å². The number of hydrogen-bond acceptors (Lipinski definition) is 6. The third-order valence-corrected chi connectivity index (χ3v) is 5.35. The van der Waals surface area contributed by atoms with Crippen LogP contribution in [0.5, 0.6) is 5.75 Å². The van der Waals surface area contributed by atoms with Crippen LogP contribution in [0.25, 0.3) is 11.3 Å². The van der Waals surface area contributed by atoms with E-state index in [0.717, 1.165) is 49.9 Å². The van der Waals surface area contributed by atoms with Gasteiger partial charge >= 0.3 is 6.03 Å². The van der Waals surface area contributed by atoms with E-state index in [1.54, 1.807) is 17.4 Å². The monoisotopic (exact) mass is 436 g/mol. The van der Waals surface area contributed by atoms with Crippen molar-refractivity contribution in [3.63, 3.8) is 0 Å². The number of halogens is 1. The zero-order valence-corrected chi connectivity index (χ0v) is 18.3. The molecule has 3 heterocycles. The number of ether oxygens (including phenoxy) is 3. The molecule has 1 aromatic carbocycles. The van der Waals surface area contributed by atoms with E-state index in [1.165, 1.54) is 4.57 Å². The molecule has 0 unspecified atom stereocenters. The maximum atomic E-state index is 12.8. The number of aromatic nitrogens is 2. The highest BCUT2D eigenvalue weighted by molar-refractivity contribution is 5.85. The summed E-state index contributed by atoms with van der Waals surface area (Å²) < 4.78 is 18.3. The van der Waals surface area contributed by atoms with Gasteiger partial charge in [0, 0.05) is 31.4 Å². The molecular weight excluding hydrogens is 408 g/mol. The summed E-state index contributed by atoms with van der Waals surface area (Å²) in [6, 6.07) is 7.67. The van der Waals surface area contributed by atoms with Crippen molar-refractivity contribution < 1.29 is 19.0 Å². The quantitative estimate of drug-likeness (QED) is 0.717. The van der Waals surface area contributed by atoms with Crippen LogP contribution in [0.2, 0.25) is 0 Å². The molecule has 0 N–H and O–H groups in total. The minimum Gasteiger partial charge on any atom is -0.492 e. The molecule has 2 aromatic rings. The number of carbonyl (C=O) groups is 1. The fraction of sp³-hybridized carbons (Fsp3) is 0.524. The highest BCUT2D eigenvalue weighted by atomic mass is 35.5. The molecule has 0 saturated carbocycles. The van der Waals surface area contributed by atoms with Crippen LogP contribution in [-0.2, 0) is 9.47 Å². The van der Waals surface area contributed by atoms with E-state index in [1.807, 2.05) is 38.1 Å². The summed E-state index contributed by atoms with van der Waals surface area (Å²) in [7, 11) is 0. The van der Waals surface area contributed by atoms with E-state index in [9.17, 15) is 4.79 Å². The first kappa shape index (κ1) is 22.6. The SMILES string of the molecule is CC1(C)COCN1C(=O)n1cnc(-c2cccc(OCCN3CCOCC3)c2)c1.Cl. The predicted molar refractivity (Wildman–Crippen MR) is 115 cm³/mol. The van der Waals surface area contributed by atoms with Gasteiger partial charge in [-0.15, -0.1) is 12.4 Å². The summed E-state index contributed by atoms with van der Waals surface area (Å²) in [5, 5.41) is 0. The molecule has 2 aliphatic rings. The average Bonchev–Trinajstić information content (AvgIpc) is 3.35. The summed E-state index contributed by atoms with van der Waals surface area (Å²) in [4.78, 5) is 21.3. The van der Waals surface area contributed by atoms with Crippen molar-refractivity contribution >= 4 is 18.4 Å². The molecule has 164 valence electrons. The Morgan fingerprint density at radius 2 is 2.03 bits per heavy atom. The zero-order chi connectivity index (χ0) is 20.3. The van der Waals surface area contributed by atoms with E-state index in [0.29, 0.717) is 19.9 Å². The van der Waals surface area contributed by atoms with Crippen LogP contribution >= 0.6 is 12.4 Å². The Labute approximate surface area is 183 Å². The maximum Gasteiger partial charge on any atom is 0.331 e. The van der Waals surface area contributed by atoms with Gasteiger partial charge in [0.2, 0.25) is 0 Å². The lowest BCUT2D eigenvalue weighted by Crippen LogP contribution is -2.45. The lowest BCUT2D eigenvalue weighted by molar-refractivity contribution is 0.0322. The van der Waals surface area contributed by atoms with Gasteiger partial charge in [0.25, 0.3) is 0 Å². The second-order valence-electron chi connectivity index (χ2n) is 8.00. The van der Waals surface area contributed by atoms with Gasteiger partial charge in [-0.2, -0.15) is 0 Å². The van der Waals surface area contributed by atoms with Crippen molar-refractivity contribution in [3.05, 3.63) is 36.8 Å². The molecule has 1 amide bonds. The van der Waals surface area contributed by atoms with E-state index >= 15 is 0 Å². The van der Waals surface area contributed by atoms with Crippen LogP contribution in [0.15, 0.2) is 36.8 Å². The number of carbonyl (C=O) groups excluding carboxylic acids is 1. The first-order valence-electron chi connectivity index (χ1n) is 10.00. The number of morpholine rings is 1. The lowest BCUT2D eigenvalue weighted by atomic mass is 10.1. The number of hydrogen-bond donors (Lipinski definition) is 0. The maximum absolute atomic E-state index is 12.8. The largest absolute Gasteiger partial charge is 0.492 e. The summed E-state index contributed by atoms with van der Waals surface area (Å²) in [5.74, 6) is 0.797. The molecule has 1 aromatic heterocycles. The first-order chi connectivity index (χ1) is 14.0. The van der Waals surface area contributed by atoms with Gasteiger partial charge in [-0.3, -0.25) is 14.4 Å². The van der Waals surface area contributed by atoms with Crippen molar-refractivity contribution in [2.24, 2.45) is 0 Å². The second kappa shape index (κ2) is 9.78. The number of benzene rings is 1. The average molecular weight is 437 g/mol. The van der Waals surface area contributed by atoms with Crippen molar-refractivity contribution in [2.75, 3.05) is 52.8 Å². The van der Waals surface area contributed by atoms with Gasteiger partial charge in [0.1, 0.15) is 25.4 Å². The topological polar surface area (TPSA) is 69.1 Å². The Balaban J connectivity index is 0.00000256. The van der Waals surface area contributed by atoms with Crippen LogP contribution in [0, 0.1) is 0 Å². The standard InChI is InChI=1S/C21H28N4O4.ClH/c1-21(2)14-28-16-25(21)20(26)24-13-19(22-15-24)17-4-3-5-18(12-17)29-11-8-23-6-9-27-10-7-23;/h3-5,12-13,15H,6-11,14,16H2,1-2H3;1H. The normalized spacial score (nSPS) is 18.8. The number of amides is 1. The summed E-state index contributed by atoms with van der Waals surface area (Å²) in [6.07, 6.45) is 3.31. The third-order valence-electron chi connectivity index (χ3n) is 5.35.